The fourth-order valence-electron chi connectivity index (χ4n) is 3.32. The molecule has 0 bridgehead atoms. The Morgan fingerprint density at radius 2 is 2.26 bits per heavy atom. The largest absolute Gasteiger partial charge is 0.486 e. The summed E-state index contributed by atoms with van der Waals surface area (Å²) in [4.78, 5) is 2.49. The normalized spacial score (nSPS) is 27.3. The minimum Gasteiger partial charge on any atom is -0.486 e. The molecule has 1 unspecified atom stereocenters. The first-order valence-electron chi connectivity index (χ1n) is 7.43. The van der Waals surface area contributed by atoms with E-state index < -0.39 is 0 Å². The molecule has 0 amide bonds. The van der Waals surface area contributed by atoms with Crippen LogP contribution in [0.25, 0.3) is 0 Å². The van der Waals surface area contributed by atoms with Gasteiger partial charge >= 0.3 is 0 Å². The monoisotopic (exact) mass is 260 g/mol. The molecule has 2 heterocycles. The fraction of sp³-hybridized carbons (Fsp3) is 0.625. The topological polar surface area (TPSA) is 24.5 Å². The molecule has 1 atom stereocenters. The van der Waals surface area contributed by atoms with Crippen molar-refractivity contribution in [2.24, 2.45) is 0 Å². The maximum atomic E-state index is 6.44. The molecule has 3 heteroatoms. The van der Waals surface area contributed by atoms with E-state index in [2.05, 4.69) is 42.3 Å². The van der Waals surface area contributed by atoms with E-state index in [1.54, 1.807) is 0 Å². The fourth-order valence-corrected chi connectivity index (χ4v) is 3.32. The van der Waals surface area contributed by atoms with Gasteiger partial charge in [-0.2, -0.15) is 0 Å². The Morgan fingerprint density at radius 1 is 1.37 bits per heavy atom. The summed E-state index contributed by atoms with van der Waals surface area (Å²) in [7, 11) is 0. The van der Waals surface area contributed by atoms with Crippen molar-refractivity contribution in [1.29, 1.82) is 0 Å². The predicted molar refractivity (Wildman–Crippen MR) is 77.4 cm³/mol. The molecular formula is C16H24N2O. The molecule has 1 aromatic carbocycles. The summed E-state index contributed by atoms with van der Waals surface area (Å²) in [5, 5.41) is 3.41. The lowest BCUT2D eigenvalue weighted by atomic mass is 9.94. The van der Waals surface area contributed by atoms with Crippen LogP contribution in [0.1, 0.15) is 37.8 Å². The van der Waals surface area contributed by atoms with E-state index in [4.69, 9.17) is 4.74 Å². The van der Waals surface area contributed by atoms with Crippen LogP contribution in [0, 0.1) is 0 Å². The first kappa shape index (κ1) is 12.9. The minimum absolute atomic E-state index is 0.0357. The molecule has 2 aliphatic rings. The van der Waals surface area contributed by atoms with Crippen LogP contribution in [0.2, 0.25) is 0 Å². The van der Waals surface area contributed by atoms with Crippen LogP contribution in [0.4, 0.5) is 0 Å². The Labute approximate surface area is 115 Å². The van der Waals surface area contributed by atoms with Crippen LogP contribution in [0.15, 0.2) is 18.2 Å². The number of benzene rings is 1. The van der Waals surface area contributed by atoms with Gasteiger partial charge in [0.15, 0.2) is 0 Å². The van der Waals surface area contributed by atoms with Gasteiger partial charge in [-0.05, 0) is 44.5 Å². The maximum Gasteiger partial charge on any atom is 0.125 e. The van der Waals surface area contributed by atoms with Gasteiger partial charge in [-0.1, -0.05) is 19.1 Å². The molecule has 19 heavy (non-hydrogen) atoms. The number of ether oxygens (including phenoxy) is 1. The van der Waals surface area contributed by atoms with Gasteiger partial charge in [0.05, 0.1) is 0 Å². The zero-order valence-electron chi connectivity index (χ0n) is 12.0. The number of rotatable bonds is 3. The van der Waals surface area contributed by atoms with Crippen LogP contribution in [0.3, 0.4) is 0 Å². The van der Waals surface area contributed by atoms with Gasteiger partial charge in [-0.25, -0.2) is 0 Å². The van der Waals surface area contributed by atoms with E-state index >= 15 is 0 Å². The minimum atomic E-state index is -0.0357. The summed E-state index contributed by atoms with van der Waals surface area (Å²) in [5.41, 5.74) is 2.72. The third-order valence-electron chi connectivity index (χ3n) is 4.39. The molecule has 3 rings (SSSR count). The van der Waals surface area contributed by atoms with Crippen molar-refractivity contribution in [3.8, 4) is 5.75 Å². The van der Waals surface area contributed by atoms with Gasteiger partial charge in [0.1, 0.15) is 11.4 Å². The lowest BCUT2D eigenvalue weighted by Crippen LogP contribution is -2.49. The molecule has 0 spiro atoms. The Balaban J connectivity index is 1.79. The molecule has 2 aliphatic heterocycles. The Kier molecular flexibility index (Phi) is 3.50. The van der Waals surface area contributed by atoms with E-state index in [9.17, 15) is 0 Å². The molecule has 3 nitrogen and oxygen atoms in total. The second-order valence-corrected chi connectivity index (χ2v) is 6.02. The lowest BCUT2D eigenvalue weighted by molar-refractivity contribution is 0.00723. The summed E-state index contributed by atoms with van der Waals surface area (Å²) in [5.74, 6) is 1.09. The molecule has 1 aromatic rings. The van der Waals surface area contributed by atoms with Crippen LogP contribution < -0.4 is 10.1 Å². The number of hydrogen-bond acceptors (Lipinski definition) is 3. The van der Waals surface area contributed by atoms with E-state index in [0.29, 0.717) is 0 Å². The smallest absolute Gasteiger partial charge is 0.125 e. The Hall–Kier alpha value is -1.06. The maximum absolute atomic E-state index is 6.44. The van der Waals surface area contributed by atoms with Gasteiger partial charge < -0.3 is 10.1 Å². The van der Waals surface area contributed by atoms with Gasteiger partial charge in [0.2, 0.25) is 0 Å². The second kappa shape index (κ2) is 5.14. The quantitative estimate of drug-likeness (QED) is 0.904. The number of nitrogens with one attached hydrogen (secondary N) is 1. The molecular weight excluding hydrogens is 236 g/mol. The van der Waals surface area contributed by atoms with Gasteiger partial charge in [-0.3, -0.25) is 4.90 Å². The summed E-state index contributed by atoms with van der Waals surface area (Å²) in [6.07, 6.45) is 2.39. The second-order valence-electron chi connectivity index (χ2n) is 6.02. The molecule has 1 fully saturated rings. The number of likely N-dealkylation sites (tertiary alicyclic amines) is 1. The van der Waals surface area contributed by atoms with E-state index in [1.807, 2.05) is 0 Å². The van der Waals surface area contributed by atoms with Crippen LogP contribution >= 0.6 is 0 Å². The van der Waals surface area contributed by atoms with Crippen LogP contribution in [-0.4, -0.2) is 30.1 Å². The molecule has 0 aromatic heterocycles. The van der Waals surface area contributed by atoms with Crippen molar-refractivity contribution in [2.75, 3.05) is 19.6 Å². The third kappa shape index (κ3) is 2.63. The summed E-state index contributed by atoms with van der Waals surface area (Å²) in [6, 6.07) is 6.44. The summed E-state index contributed by atoms with van der Waals surface area (Å²) in [6.45, 7) is 9.79. The highest BCUT2D eigenvalue weighted by Crippen LogP contribution is 2.32. The van der Waals surface area contributed by atoms with Crippen molar-refractivity contribution in [1.82, 2.24) is 10.2 Å². The highest BCUT2D eigenvalue weighted by atomic mass is 16.5. The van der Waals surface area contributed by atoms with Gasteiger partial charge in [0, 0.05) is 25.2 Å². The average Bonchev–Trinajstić information content (AvgIpc) is 2.88. The number of nitrogens with zero attached hydrogens (tertiary/aromatic N) is 1. The Bertz CT molecular complexity index is 460. The van der Waals surface area contributed by atoms with Crippen molar-refractivity contribution in [3.63, 3.8) is 0 Å². The van der Waals surface area contributed by atoms with E-state index in [1.165, 1.54) is 24.1 Å². The first-order chi connectivity index (χ1) is 9.20. The molecule has 0 radical (unpaired) electrons. The number of hydrogen-bond donors (Lipinski definition) is 1. The lowest BCUT2D eigenvalue weighted by Gasteiger charge is -2.40. The van der Waals surface area contributed by atoms with Crippen molar-refractivity contribution in [3.05, 3.63) is 29.3 Å². The average molecular weight is 260 g/mol. The zero-order valence-corrected chi connectivity index (χ0v) is 12.0. The van der Waals surface area contributed by atoms with Crippen molar-refractivity contribution in [2.45, 2.75) is 45.4 Å². The van der Waals surface area contributed by atoms with Crippen molar-refractivity contribution >= 4 is 0 Å². The molecule has 0 aliphatic carbocycles. The van der Waals surface area contributed by atoms with Crippen molar-refractivity contribution < 1.29 is 4.74 Å². The highest BCUT2D eigenvalue weighted by molar-refractivity contribution is 5.42. The Morgan fingerprint density at radius 3 is 3.11 bits per heavy atom. The molecule has 1 N–H and O–H groups in total. The molecule has 0 saturated carbocycles. The standard InChI is InChI=1S/C16H24N2O/c1-3-18-9-5-8-16(2,12-18)19-15-7-4-6-13-10-17-11-14(13)15/h4,6-7,17H,3,5,8-12H2,1-2H3. The SMILES string of the molecule is CCN1CCCC(C)(Oc2cccc3c2CNC3)C1. The molecule has 1 saturated heterocycles. The molecule has 104 valence electrons. The zero-order chi connectivity index (χ0) is 13.3. The third-order valence-corrected chi connectivity index (χ3v) is 4.39. The number of fused-ring (bicyclic) bond motifs is 1. The van der Waals surface area contributed by atoms with Gasteiger partial charge in [0.25, 0.3) is 0 Å². The summed E-state index contributed by atoms with van der Waals surface area (Å²) >= 11 is 0. The van der Waals surface area contributed by atoms with Crippen LogP contribution in [-0.2, 0) is 13.1 Å². The highest BCUT2D eigenvalue weighted by Gasteiger charge is 2.33. The van der Waals surface area contributed by atoms with Crippen LogP contribution in [0.5, 0.6) is 5.75 Å². The number of likely N-dealkylation sites (N-methyl/N-ethyl adjacent to an activating group) is 1. The summed E-state index contributed by atoms with van der Waals surface area (Å²) < 4.78 is 6.44. The first-order valence-corrected chi connectivity index (χ1v) is 7.43. The number of piperidine rings is 1. The van der Waals surface area contributed by atoms with E-state index in [-0.39, 0.29) is 5.60 Å². The van der Waals surface area contributed by atoms with Gasteiger partial charge in [-0.15, -0.1) is 0 Å². The predicted octanol–water partition coefficient (Wildman–Crippen LogP) is 2.54. The van der Waals surface area contributed by atoms with E-state index in [0.717, 1.165) is 38.3 Å².